The molecule has 1 aliphatic heterocycles. The third-order valence-corrected chi connectivity index (χ3v) is 5.15. The van der Waals surface area contributed by atoms with Crippen molar-refractivity contribution in [1.82, 2.24) is 14.3 Å². The first-order valence-electron chi connectivity index (χ1n) is 6.77. The average Bonchev–Trinajstić information content (AvgIpc) is 3.18. The van der Waals surface area contributed by atoms with Crippen molar-refractivity contribution in [2.24, 2.45) is 0 Å². The van der Waals surface area contributed by atoms with Crippen LogP contribution in [-0.2, 0) is 10.2 Å². The van der Waals surface area contributed by atoms with Crippen LogP contribution in [-0.4, -0.2) is 50.9 Å². The van der Waals surface area contributed by atoms with E-state index in [0.717, 1.165) is 32.1 Å². The molecule has 0 bridgehead atoms. The summed E-state index contributed by atoms with van der Waals surface area (Å²) in [6.07, 6.45) is 2.18. The Morgan fingerprint density at radius 3 is 2.58 bits per heavy atom. The molecule has 0 aromatic carbocycles. The first kappa shape index (κ1) is 15.1. The Balaban J connectivity index is 1.92. The molecule has 8 heteroatoms. The molecule has 19 heavy (non-hydrogen) atoms. The molecule has 1 heterocycles. The molecule has 1 atom stereocenters. The van der Waals surface area contributed by atoms with Crippen LogP contribution in [0.3, 0.4) is 0 Å². The van der Waals surface area contributed by atoms with Gasteiger partial charge in [-0.3, -0.25) is 0 Å². The fraction of sp³-hybridized carbons (Fsp3) is 1.00. The summed E-state index contributed by atoms with van der Waals surface area (Å²) >= 11 is 0. The third-order valence-electron chi connectivity index (χ3n) is 3.52. The second-order valence-corrected chi connectivity index (χ2v) is 6.90. The van der Waals surface area contributed by atoms with Crippen LogP contribution in [0.1, 0.15) is 32.1 Å². The van der Waals surface area contributed by atoms with Crippen LogP contribution < -0.4 is 10.0 Å². The van der Waals surface area contributed by atoms with E-state index in [-0.39, 0.29) is 6.04 Å². The highest BCUT2D eigenvalue weighted by Gasteiger charge is 2.33. The lowest BCUT2D eigenvalue weighted by Gasteiger charge is -2.34. The normalized spacial score (nSPS) is 25.9. The van der Waals surface area contributed by atoms with Crippen LogP contribution in [0.15, 0.2) is 0 Å². The quantitative estimate of drug-likeness (QED) is 0.727. The molecule has 0 amide bonds. The highest BCUT2D eigenvalue weighted by Crippen LogP contribution is 2.22. The topological polar surface area (TPSA) is 61.4 Å². The maximum atomic E-state index is 12.1. The number of hydrogen-bond donors (Lipinski definition) is 2. The average molecular weight is 297 g/mol. The van der Waals surface area contributed by atoms with Gasteiger partial charge in [0.2, 0.25) is 0 Å². The second kappa shape index (κ2) is 6.43. The molecule has 0 aromatic heterocycles. The van der Waals surface area contributed by atoms with Gasteiger partial charge < -0.3 is 5.32 Å². The minimum atomic E-state index is -3.79. The standard InChI is InChI=1S/C11H21F2N3O2S/c12-11(13)8-15-19(17,18)16-6-2-1-3-10(16)7-14-9-4-5-9/h9-11,14-15H,1-8H2. The minimum absolute atomic E-state index is 0.121. The predicted molar refractivity (Wildman–Crippen MR) is 68.3 cm³/mol. The van der Waals surface area contributed by atoms with Gasteiger partial charge in [0.1, 0.15) is 0 Å². The Labute approximate surface area is 112 Å². The molecule has 112 valence electrons. The van der Waals surface area contributed by atoms with E-state index in [1.807, 2.05) is 4.72 Å². The van der Waals surface area contributed by atoms with Gasteiger partial charge in [-0.25, -0.2) is 8.78 Å². The van der Waals surface area contributed by atoms with Gasteiger partial charge >= 0.3 is 0 Å². The van der Waals surface area contributed by atoms with E-state index in [0.29, 0.717) is 19.1 Å². The van der Waals surface area contributed by atoms with Crippen molar-refractivity contribution in [2.75, 3.05) is 19.6 Å². The first-order chi connectivity index (χ1) is 8.99. The van der Waals surface area contributed by atoms with Crippen molar-refractivity contribution in [3.63, 3.8) is 0 Å². The van der Waals surface area contributed by atoms with Crippen molar-refractivity contribution in [1.29, 1.82) is 0 Å². The number of piperidine rings is 1. The summed E-state index contributed by atoms with van der Waals surface area (Å²) in [5.41, 5.74) is 0. The molecular formula is C11H21F2N3O2S. The lowest BCUT2D eigenvalue weighted by molar-refractivity contribution is 0.151. The number of halogens is 2. The van der Waals surface area contributed by atoms with Gasteiger partial charge in [-0.2, -0.15) is 17.4 Å². The van der Waals surface area contributed by atoms with Gasteiger partial charge in [0, 0.05) is 25.2 Å². The molecule has 2 fully saturated rings. The molecule has 1 saturated heterocycles. The largest absolute Gasteiger partial charge is 0.312 e. The Morgan fingerprint density at radius 1 is 1.21 bits per heavy atom. The lowest BCUT2D eigenvalue weighted by Crippen LogP contribution is -2.53. The summed E-state index contributed by atoms with van der Waals surface area (Å²) in [4.78, 5) is 0. The molecule has 2 aliphatic rings. The van der Waals surface area contributed by atoms with Crippen LogP contribution in [0.4, 0.5) is 8.78 Å². The summed E-state index contributed by atoms with van der Waals surface area (Å²) in [6, 6.07) is 0.394. The SMILES string of the molecule is O=S(=O)(NCC(F)F)N1CCCCC1CNC1CC1. The summed E-state index contributed by atoms with van der Waals surface area (Å²) in [5.74, 6) is 0. The highest BCUT2D eigenvalue weighted by molar-refractivity contribution is 7.87. The molecule has 0 spiro atoms. The zero-order valence-corrected chi connectivity index (χ0v) is 11.6. The highest BCUT2D eigenvalue weighted by atomic mass is 32.2. The summed E-state index contributed by atoms with van der Waals surface area (Å²) < 4.78 is 51.6. The monoisotopic (exact) mass is 297 g/mol. The van der Waals surface area contributed by atoms with Crippen molar-refractivity contribution in [3.8, 4) is 0 Å². The Kier molecular flexibility index (Phi) is 5.10. The molecule has 0 aromatic rings. The number of nitrogens with zero attached hydrogens (tertiary/aromatic N) is 1. The van der Waals surface area contributed by atoms with Gasteiger partial charge in [-0.15, -0.1) is 0 Å². The van der Waals surface area contributed by atoms with Gasteiger partial charge in [0.05, 0.1) is 6.54 Å². The van der Waals surface area contributed by atoms with Crippen molar-refractivity contribution in [3.05, 3.63) is 0 Å². The van der Waals surface area contributed by atoms with Gasteiger partial charge in [0.25, 0.3) is 16.6 Å². The number of hydrogen-bond acceptors (Lipinski definition) is 3. The molecule has 1 aliphatic carbocycles. The molecule has 2 N–H and O–H groups in total. The van der Waals surface area contributed by atoms with Crippen molar-refractivity contribution >= 4 is 10.2 Å². The number of alkyl halides is 2. The number of nitrogens with one attached hydrogen (secondary N) is 2. The zero-order valence-electron chi connectivity index (χ0n) is 10.8. The maximum absolute atomic E-state index is 12.1. The molecule has 2 rings (SSSR count). The maximum Gasteiger partial charge on any atom is 0.279 e. The summed E-state index contributed by atoms with van der Waals surface area (Å²) in [7, 11) is -3.79. The molecule has 1 saturated carbocycles. The van der Waals surface area contributed by atoms with Gasteiger partial charge in [-0.1, -0.05) is 6.42 Å². The van der Waals surface area contributed by atoms with Crippen molar-refractivity contribution < 1.29 is 17.2 Å². The third kappa shape index (κ3) is 4.62. The van der Waals surface area contributed by atoms with Crippen LogP contribution in [0.5, 0.6) is 0 Å². The fourth-order valence-electron chi connectivity index (χ4n) is 2.34. The van der Waals surface area contributed by atoms with Crippen LogP contribution in [0.25, 0.3) is 0 Å². The van der Waals surface area contributed by atoms with Crippen LogP contribution >= 0.6 is 0 Å². The molecule has 1 unspecified atom stereocenters. The smallest absolute Gasteiger partial charge is 0.279 e. The fourth-order valence-corrected chi connectivity index (χ4v) is 3.78. The van der Waals surface area contributed by atoms with E-state index in [4.69, 9.17) is 0 Å². The van der Waals surface area contributed by atoms with Crippen LogP contribution in [0.2, 0.25) is 0 Å². The van der Waals surface area contributed by atoms with E-state index in [9.17, 15) is 17.2 Å². The van der Waals surface area contributed by atoms with E-state index >= 15 is 0 Å². The number of rotatable bonds is 7. The molecular weight excluding hydrogens is 276 g/mol. The van der Waals surface area contributed by atoms with Gasteiger partial charge in [0.15, 0.2) is 0 Å². The predicted octanol–water partition coefficient (Wildman–Crippen LogP) is 0.692. The molecule has 0 radical (unpaired) electrons. The summed E-state index contributed by atoms with van der Waals surface area (Å²) in [6.45, 7) is 0.206. The Hall–Kier alpha value is -0.310. The second-order valence-electron chi connectivity index (χ2n) is 5.19. The first-order valence-corrected chi connectivity index (χ1v) is 8.21. The van der Waals surface area contributed by atoms with Crippen LogP contribution in [0, 0.1) is 0 Å². The van der Waals surface area contributed by atoms with Crippen molar-refractivity contribution in [2.45, 2.75) is 50.6 Å². The Morgan fingerprint density at radius 2 is 1.95 bits per heavy atom. The summed E-state index contributed by atoms with van der Waals surface area (Å²) in [5, 5.41) is 3.31. The van der Waals surface area contributed by atoms with E-state index < -0.39 is 23.2 Å². The van der Waals surface area contributed by atoms with E-state index in [2.05, 4.69) is 5.32 Å². The Bertz CT molecular complexity index is 387. The minimum Gasteiger partial charge on any atom is -0.312 e. The lowest BCUT2D eigenvalue weighted by atomic mass is 10.1. The zero-order chi connectivity index (χ0) is 13.9. The molecule has 5 nitrogen and oxygen atoms in total. The van der Waals surface area contributed by atoms with Gasteiger partial charge in [-0.05, 0) is 25.7 Å². The van der Waals surface area contributed by atoms with E-state index in [1.54, 1.807) is 0 Å². The van der Waals surface area contributed by atoms with E-state index in [1.165, 1.54) is 4.31 Å².